The molecule has 0 amide bonds. The van der Waals surface area contributed by atoms with Crippen molar-refractivity contribution in [1.29, 1.82) is 0 Å². The molecule has 0 bridgehead atoms. The first-order valence-corrected chi connectivity index (χ1v) is 5.48. The van der Waals surface area contributed by atoms with E-state index in [2.05, 4.69) is 10.2 Å². The van der Waals surface area contributed by atoms with Crippen LogP contribution in [-0.4, -0.2) is 33.6 Å². The number of rotatable bonds is 5. The van der Waals surface area contributed by atoms with Gasteiger partial charge < -0.3 is 20.0 Å². The second-order valence-electron chi connectivity index (χ2n) is 4.90. The SMILES string of the molecule is CC(C)(O)C(C)(C)OB(O)Nc1ccccn1. The standard InChI is InChI=1S/C11H19BN2O3/c1-10(2,15)11(3,4)17-12(16)14-9-7-5-6-8-13-9/h5-8,15-16H,1-4H3,(H,13,14). The summed E-state index contributed by atoms with van der Waals surface area (Å²) in [6, 6.07) is 5.28. The van der Waals surface area contributed by atoms with E-state index in [9.17, 15) is 10.1 Å². The smallest absolute Gasteiger partial charge is 0.408 e. The lowest BCUT2D eigenvalue weighted by molar-refractivity contribution is -0.0991. The van der Waals surface area contributed by atoms with Crippen LogP contribution in [0.2, 0.25) is 0 Å². The van der Waals surface area contributed by atoms with Crippen molar-refractivity contribution in [1.82, 2.24) is 4.98 Å². The third-order valence-electron chi connectivity index (χ3n) is 2.82. The molecule has 0 aromatic carbocycles. The number of nitrogens with one attached hydrogen (secondary N) is 1. The highest BCUT2D eigenvalue weighted by molar-refractivity contribution is 6.47. The Hall–Kier alpha value is -1.11. The predicted molar refractivity (Wildman–Crippen MR) is 67.3 cm³/mol. The van der Waals surface area contributed by atoms with E-state index < -0.39 is 18.5 Å². The molecule has 0 aliphatic heterocycles. The monoisotopic (exact) mass is 238 g/mol. The average Bonchev–Trinajstić information content (AvgIpc) is 2.16. The second kappa shape index (κ2) is 5.04. The van der Waals surface area contributed by atoms with Crippen molar-refractivity contribution < 1.29 is 14.8 Å². The molecule has 3 N–H and O–H groups in total. The summed E-state index contributed by atoms with van der Waals surface area (Å²) in [5, 5.41) is 22.3. The molecule has 5 nitrogen and oxygen atoms in total. The van der Waals surface area contributed by atoms with Crippen molar-refractivity contribution in [2.24, 2.45) is 0 Å². The zero-order valence-corrected chi connectivity index (χ0v) is 10.6. The number of pyridine rings is 1. The Bertz CT molecular complexity index is 351. The van der Waals surface area contributed by atoms with Gasteiger partial charge in [-0.25, -0.2) is 4.98 Å². The minimum Gasteiger partial charge on any atom is -0.408 e. The molecule has 17 heavy (non-hydrogen) atoms. The van der Waals surface area contributed by atoms with Crippen LogP contribution in [0.15, 0.2) is 24.4 Å². The fourth-order valence-electron chi connectivity index (χ4n) is 1.03. The average molecular weight is 238 g/mol. The molecule has 0 aliphatic rings. The molecule has 1 heterocycles. The Labute approximate surface area is 102 Å². The van der Waals surface area contributed by atoms with E-state index in [1.54, 1.807) is 52.1 Å². The maximum atomic E-state index is 9.88. The van der Waals surface area contributed by atoms with Crippen molar-refractivity contribution in [3.05, 3.63) is 24.4 Å². The van der Waals surface area contributed by atoms with Crippen molar-refractivity contribution in [3.8, 4) is 0 Å². The summed E-state index contributed by atoms with van der Waals surface area (Å²) < 4.78 is 5.36. The molecule has 1 aromatic heterocycles. The lowest BCUT2D eigenvalue weighted by atomic mass is 9.87. The first-order chi connectivity index (χ1) is 7.72. The van der Waals surface area contributed by atoms with Gasteiger partial charge in [0, 0.05) is 6.20 Å². The molecular weight excluding hydrogens is 219 g/mol. The number of hydrogen-bond donors (Lipinski definition) is 3. The fraction of sp³-hybridized carbons (Fsp3) is 0.545. The summed E-state index contributed by atoms with van der Waals surface area (Å²) in [6.45, 7) is 6.66. The van der Waals surface area contributed by atoms with Gasteiger partial charge in [-0.3, -0.25) is 0 Å². The van der Waals surface area contributed by atoms with E-state index in [1.807, 2.05) is 0 Å². The van der Waals surface area contributed by atoms with Crippen molar-refractivity contribution in [3.63, 3.8) is 0 Å². The summed E-state index contributed by atoms with van der Waals surface area (Å²) >= 11 is 0. The number of aromatic nitrogens is 1. The van der Waals surface area contributed by atoms with E-state index in [-0.39, 0.29) is 0 Å². The summed E-state index contributed by atoms with van der Waals surface area (Å²) in [5.74, 6) is 0.506. The highest BCUT2D eigenvalue weighted by Gasteiger charge is 2.39. The van der Waals surface area contributed by atoms with Gasteiger partial charge in [0.1, 0.15) is 5.82 Å². The first-order valence-electron chi connectivity index (χ1n) is 5.48. The predicted octanol–water partition coefficient (Wildman–Crippen LogP) is 1.04. The molecule has 0 aliphatic carbocycles. The van der Waals surface area contributed by atoms with Gasteiger partial charge in [0.2, 0.25) is 0 Å². The minimum atomic E-state index is -1.23. The molecule has 1 aromatic rings. The van der Waals surface area contributed by atoms with Gasteiger partial charge in [-0.2, -0.15) is 0 Å². The highest BCUT2D eigenvalue weighted by atomic mass is 16.6. The van der Waals surface area contributed by atoms with E-state index >= 15 is 0 Å². The van der Waals surface area contributed by atoms with E-state index in [0.717, 1.165) is 0 Å². The van der Waals surface area contributed by atoms with Crippen LogP contribution in [0.25, 0.3) is 0 Å². The third-order valence-corrected chi connectivity index (χ3v) is 2.82. The second-order valence-corrected chi connectivity index (χ2v) is 4.90. The zero-order valence-electron chi connectivity index (χ0n) is 10.6. The van der Waals surface area contributed by atoms with Gasteiger partial charge in [0.05, 0.1) is 11.2 Å². The maximum absolute atomic E-state index is 9.88. The summed E-state index contributed by atoms with van der Waals surface area (Å²) in [4.78, 5) is 4.00. The molecule has 1 rings (SSSR count). The van der Waals surface area contributed by atoms with Crippen LogP contribution in [0, 0.1) is 0 Å². The van der Waals surface area contributed by atoms with Crippen molar-refractivity contribution in [2.45, 2.75) is 38.9 Å². The topological polar surface area (TPSA) is 74.6 Å². The lowest BCUT2D eigenvalue weighted by Gasteiger charge is -2.38. The van der Waals surface area contributed by atoms with Gasteiger partial charge >= 0.3 is 7.25 Å². The Morgan fingerprint density at radius 1 is 1.29 bits per heavy atom. The Morgan fingerprint density at radius 2 is 1.94 bits per heavy atom. The Kier molecular flexibility index (Phi) is 4.14. The molecule has 94 valence electrons. The van der Waals surface area contributed by atoms with Gasteiger partial charge in [-0.1, -0.05) is 6.07 Å². The van der Waals surface area contributed by atoms with Gasteiger partial charge in [-0.15, -0.1) is 0 Å². The molecular formula is C11H19BN2O3. The van der Waals surface area contributed by atoms with Gasteiger partial charge in [-0.05, 0) is 39.8 Å². The number of nitrogens with zero attached hydrogens (tertiary/aromatic N) is 1. The van der Waals surface area contributed by atoms with Crippen LogP contribution < -0.4 is 5.23 Å². The quantitative estimate of drug-likeness (QED) is 0.668. The van der Waals surface area contributed by atoms with Crippen molar-refractivity contribution in [2.75, 3.05) is 5.23 Å². The number of hydrogen-bond acceptors (Lipinski definition) is 5. The van der Waals surface area contributed by atoms with Crippen LogP contribution in [0.5, 0.6) is 0 Å². The molecule has 0 saturated carbocycles. The van der Waals surface area contributed by atoms with Crippen LogP contribution in [0.4, 0.5) is 5.82 Å². The van der Waals surface area contributed by atoms with Crippen LogP contribution in [-0.2, 0) is 4.65 Å². The van der Waals surface area contributed by atoms with E-state index in [0.29, 0.717) is 5.82 Å². The van der Waals surface area contributed by atoms with E-state index in [4.69, 9.17) is 4.65 Å². The lowest BCUT2D eigenvalue weighted by Crippen LogP contribution is -2.52. The Balaban J connectivity index is 2.59. The van der Waals surface area contributed by atoms with E-state index in [1.165, 1.54) is 0 Å². The third kappa shape index (κ3) is 4.00. The minimum absolute atomic E-state index is 0.506. The largest absolute Gasteiger partial charge is 0.589 e. The summed E-state index contributed by atoms with van der Waals surface area (Å²) in [5.41, 5.74) is -1.96. The molecule has 0 unspecified atom stereocenters. The molecule has 0 fully saturated rings. The van der Waals surface area contributed by atoms with Gasteiger partial charge in [0.25, 0.3) is 0 Å². The van der Waals surface area contributed by atoms with Crippen molar-refractivity contribution >= 4 is 13.1 Å². The van der Waals surface area contributed by atoms with Crippen LogP contribution >= 0.6 is 0 Å². The molecule has 6 heteroatoms. The Morgan fingerprint density at radius 3 is 2.41 bits per heavy atom. The maximum Gasteiger partial charge on any atom is 0.589 e. The summed E-state index contributed by atoms with van der Waals surface area (Å²) in [6.07, 6.45) is 1.61. The first kappa shape index (κ1) is 14.0. The normalized spacial score (nSPS) is 12.4. The fourth-order valence-corrected chi connectivity index (χ4v) is 1.03. The van der Waals surface area contributed by atoms with Crippen LogP contribution in [0.3, 0.4) is 0 Å². The molecule has 0 radical (unpaired) electrons. The van der Waals surface area contributed by atoms with Gasteiger partial charge in [0.15, 0.2) is 0 Å². The number of aliphatic hydroxyl groups is 1. The zero-order chi connectivity index (χ0) is 13.1. The van der Waals surface area contributed by atoms with Crippen LogP contribution in [0.1, 0.15) is 27.7 Å². The molecule has 0 spiro atoms. The number of anilines is 1. The molecule has 0 atom stereocenters. The molecule has 0 saturated heterocycles. The summed E-state index contributed by atoms with van der Waals surface area (Å²) in [7, 11) is -1.23. The highest BCUT2D eigenvalue weighted by Crippen LogP contribution is 2.25.